The van der Waals surface area contributed by atoms with Gasteiger partial charge in [-0.25, -0.2) is 0 Å². The van der Waals surface area contributed by atoms with Crippen LogP contribution in [-0.2, 0) is 11.3 Å². The molecule has 0 aromatic heterocycles. The first-order chi connectivity index (χ1) is 6.77. The highest BCUT2D eigenvalue weighted by molar-refractivity contribution is 5.81. The maximum Gasteiger partial charge on any atom is 0.223 e. The molecule has 1 fully saturated rings. The Morgan fingerprint density at radius 1 is 1.43 bits per heavy atom. The van der Waals surface area contributed by atoms with Crippen LogP contribution < -0.4 is 5.32 Å². The number of hydrogen-bond acceptors (Lipinski definition) is 1. The topological polar surface area (TPSA) is 29.1 Å². The van der Waals surface area contributed by atoms with Crippen LogP contribution in [0.15, 0.2) is 30.3 Å². The summed E-state index contributed by atoms with van der Waals surface area (Å²) in [6, 6.07) is 10.0. The summed E-state index contributed by atoms with van der Waals surface area (Å²) < 4.78 is 0. The van der Waals surface area contributed by atoms with Crippen molar-refractivity contribution in [2.24, 2.45) is 11.8 Å². The largest absolute Gasteiger partial charge is 0.352 e. The Balaban J connectivity index is 1.80. The lowest BCUT2D eigenvalue weighted by Gasteiger charge is -2.03. The van der Waals surface area contributed by atoms with Crippen molar-refractivity contribution >= 4 is 5.91 Å². The van der Waals surface area contributed by atoms with Crippen molar-refractivity contribution in [2.75, 3.05) is 0 Å². The van der Waals surface area contributed by atoms with E-state index in [2.05, 4.69) is 12.2 Å². The van der Waals surface area contributed by atoms with Crippen molar-refractivity contribution < 1.29 is 4.79 Å². The van der Waals surface area contributed by atoms with Crippen LogP contribution in [0.2, 0.25) is 0 Å². The minimum Gasteiger partial charge on any atom is -0.352 e. The Labute approximate surface area is 84.3 Å². The van der Waals surface area contributed by atoms with Crippen molar-refractivity contribution in [3.05, 3.63) is 35.9 Å². The van der Waals surface area contributed by atoms with Crippen LogP contribution in [0.5, 0.6) is 0 Å². The highest BCUT2D eigenvalue weighted by atomic mass is 16.2. The maximum atomic E-state index is 11.5. The van der Waals surface area contributed by atoms with E-state index >= 15 is 0 Å². The summed E-state index contributed by atoms with van der Waals surface area (Å²) in [6.07, 6.45) is 1.06. The molecule has 0 radical (unpaired) electrons. The minimum atomic E-state index is 0.210. The lowest BCUT2D eigenvalue weighted by Crippen LogP contribution is -2.24. The van der Waals surface area contributed by atoms with Gasteiger partial charge in [0.25, 0.3) is 0 Å². The van der Waals surface area contributed by atoms with Gasteiger partial charge in [0, 0.05) is 12.5 Å². The van der Waals surface area contributed by atoms with Crippen LogP contribution in [0.3, 0.4) is 0 Å². The second-order valence-corrected chi connectivity index (χ2v) is 4.02. The fourth-order valence-electron chi connectivity index (χ4n) is 1.60. The van der Waals surface area contributed by atoms with Gasteiger partial charge in [0.1, 0.15) is 0 Å². The van der Waals surface area contributed by atoms with Crippen LogP contribution in [0.4, 0.5) is 0 Å². The molecule has 1 aliphatic carbocycles. The number of nitrogens with one attached hydrogen (secondary N) is 1. The molecule has 0 spiro atoms. The molecule has 1 aliphatic rings. The molecule has 1 aromatic rings. The number of carbonyl (C=O) groups is 1. The highest BCUT2D eigenvalue weighted by Gasteiger charge is 2.38. The minimum absolute atomic E-state index is 0.210. The van der Waals surface area contributed by atoms with E-state index in [9.17, 15) is 4.79 Å². The first-order valence-electron chi connectivity index (χ1n) is 5.09. The van der Waals surface area contributed by atoms with Crippen LogP contribution in [0, 0.1) is 11.8 Å². The standard InChI is InChI=1S/C12H15NO/c1-9-7-11(9)12(14)13-8-10-5-3-2-4-6-10/h2-6,9,11H,7-8H2,1H3,(H,13,14). The molecule has 1 aromatic carbocycles. The summed E-state index contributed by atoms with van der Waals surface area (Å²) >= 11 is 0. The summed E-state index contributed by atoms with van der Waals surface area (Å²) in [7, 11) is 0. The molecule has 0 bridgehead atoms. The Morgan fingerprint density at radius 2 is 2.07 bits per heavy atom. The zero-order chi connectivity index (χ0) is 9.97. The van der Waals surface area contributed by atoms with E-state index in [0.717, 1.165) is 12.0 Å². The Kier molecular flexibility index (Phi) is 2.53. The monoisotopic (exact) mass is 189 g/mol. The lowest BCUT2D eigenvalue weighted by molar-refractivity contribution is -0.122. The zero-order valence-electron chi connectivity index (χ0n) is 8.36. The van der Waals surface area contributed by atoms with Crippen LogP contribution in [0.1, 0.15) is 18.9 Å². The van der Waals surface area contributed by atoms with Gasteiger partial charge in [0.05, 0.1) is 0 Å². The quantitative estimate of drug-likeness (QED) is 0.773. The normalized spacial score (nSPS) is 24.4. The van der Waals surface area contributed by atoms with Crippen LogP contribution >= 0.6 is 0 Å². The molecule has 2 atom stereocenters. The van der Waals surface area contributed by atoms with Gasteiger partial charge < -0.3 is 5.32 Å². The van der Waals surface area contributed by atoms with Crippen LogP contribution in [0.25, 0.3) is 0 Å². The lowest BCUT2D eigenvalue weighted by atomic mass is 10.2. The maximum absolute atomic E-state index is 11.5. The van der Waals surface area contributed by atoms with Gasteiger partial charge in [-0.2, -0.15) is 0 Å². The first-order valence-corrected chi connectivity index (χ1v) is 5.09. The van der Waals surface area contributed by atoms with E-state index in [0.29, 0.717) is 12.5 Å². The van der Waals surface area contributed by atoms with Gasteiger partial charge in [-0.05, 0) is 17.9 Å². The van der Waals surface area contributed by atoms with Crippen molar-refractivity contribution in [3.8, 4) is 0 Å². The summed E-state index contributed by atoms with van der Waals surface area (Å²) in [5.41, 5.74) is 1.16. The third kappa shape index (κ3) is 2.13. The Bertz CT molecular complexity index is 320. The number of hydrogen-bond donors (Lipinski definition) is 1. The molecule has 2 heteroatoms. The van der Waals surface area contributed by atoms with Crippen molar-refractivity contribution in [2.45, 2.75) is 19.9 Å². The first kappa shape index (κ1) is 9.25. The molecule has 0 saturated heterocycles. The van der Waals surface area contributed by atoms with Gasteiger partial charge in [0.15, 0.2) is 0 Å². The van der Waals surface area contributed by atoms with Gasteiger partial charge in [0.2, 0.25) is 5.91 Å². The SMILES string of the molecule is CC1CC1C(=O)NCc1ccccc1. The van der Waals surface area contributed by atoms with E-state index in [-0.39, 0.29) is 11.8 Å². The molecular formula is C12H15NO. The molecule has 2 unspecified atom stereocenters. The second kappa shape index (κ2) is 3.82. The number of benzene rings is 1. The molecule has 1 N–H and O–H groups in total. The van der Waals surface area contributed by atoms with Crippen molar-refractivity contribution in [1.29, 1.82) is 0 Å². The van der Waals surface area contributed by atoms with E-state index in [4.69, 9.17) is 0 Å². The predicted octanol–water partition coefficient (Wildman–Crippen LogP) is 1.96. The van der Waals surface area contributed by atoms with Gasteiger partial charge in [-0.1, -0.05) is 37.3 Å². The molecule has 2 nitrogen and oxygen atoms in total. The van der Waals surface area contributed by atoms with Gasteiger partial charge >= 0.3 is 0 Å². The third-order valence-electron chi connectivity index (χ3n) is 2.76. The Morgan fingerprint density at radius 3 is 2.64 bits per heavy atom. The van der Waals surface area contributed by atoms with Crippen molar-refractivity contribution in [1.82, 2.24) is 5.32 Å². The van der Waals surface area contributed by atoms with E-state index in [1.165, 1.54) is 0 Å². The number of amides is 1. The second-order valence-electron chi connectivity index (χ2n) is 4.02. The third-order valence-corrected chi connectivity index (χ3v) is 2.76. The summed E-state index contributed by atoms with van der Waals surface area (Å²) in [4.78, 5) is 11.5. The van der Waals surface area contributed by atoms with Gasteiger partial charge in [-0.3, -0.25) is 4.79 Å². The molecule has 1 saturated carbocycles. The molecule has 0 aliphatic heterocycles. The average molecular weight is 189 g/mol. The van der Waals surface area contributed by atoms with Gasteiger partial charge in [-0.15, -0.1) is 0 Å². The van der Waals surface area contributed by atoms with E-state index < -0.39 is 0 Å². The predicted molar refractivity (Wildman–Crippen MR) is 55.6 cm³/mol. The smallest absolute Gasteiger partial charge is 0.223 e. The summed E-state index contributed by atoms with van der Waals surface area (Å²) in [6.45, 7) is 2.77. The Hall–Kier alpha value is -1.31. The molecule has 14 heavy (non-hydrogen) atoms. The van der Waals surface area contributed by atoms with E-state index in [1.54, 1.807) is 0 Å². The fraction of sp³-hybridized carbons (Fsp3) is 0.417. The summed E-state index contributed by atoms with van der Waals surface area (Å²) in [5.74, 6) is 1.07. The average Bonchev–Trinajstić information content (AvgIpc) is 2.94. The molecule has 2 rings (SSSR count). The molecular weight excluding hydrogens is 174 g/mol. The van der Waals surface area contributed by atoms with Crippen molar-refractivity contribution in [3.63, 3.8) is 0 Å². The summed E-state index contributed by atoms with van der Waals surface area (Å²) in [5, 5.41) is 2.95. The van der Waals surface area contributed by atoms with E-state index in [1.807, 2.05) is 30.3 Å². The number of rotatable bonds is 3. The zero-order valence-corrected chi connectivity index (χ0v) is 8.36. The van der Waals surface area contributed by atoms with Crippen LogP contribution in [-0.4, -0.2) is 5.91 Å². The number of carbonyl (C=O) groups excluding carboxylic acids is 1. The highest BCUT2D eigenvalue weighted by Crippen LogP contribution is 2.37. The molecule has 1 amide bonds. The molecule has 0 heterocycles. The molecule has 74 valence electrons. The fourth-order valence-corrected chi connectivity index (χ4v) is 1.60.